The lowest BCUT2D eigenvalue weighted by molar-refractivity contribution is 0.118. The molecule has 2 N–H and O–H groups in total. The number of likely N-dealkylation sites (tertiary alicyclic amines) is 1. The minimum absolute atomic E-state index is 0.114. The number of piperidine rings is 1. The van der Waals surface area contributed by atoms with Crippen LogP contribution in [0.4, 0.5) is 10.6 Å². The Balaban J connectivity index is 0.000000200. The van der Waals surface area contributed by atoms with E-state index in [9.17, 15) is 9.90 Å². The van der Waals surface area contributed by atoms with Crippen LogP contribution in [0.1, 0.15) is 13.3 Å². The number of hydrogen-bond donors (Lipinski definition) is 2. The molecule has 0 bridgehead atoms. The van der Waals surface area contributed by atoms with Gasteiger partial charge in [-0.25, -0.2) is 19.7 Å². The van der Waals surface area contributed by atoms with E-state index in [0.29, 0.717) is 19.0 Å². The van der Waals surface area contributed by atoms with Gasteiger partial charge in [-0.2, -0.15) is 0 Å². The third-order valence-corrected chi connectivity index (χ3v) is 6.40. The van der Waals surface area contributed by atoms with E-state index in [1.165, 1.54) is 15.9 Å². The summed E-state index contributed by atoms with van der Waals surface area (Å²) in [5, 5.41) is 10.2. The minimum Gasteiger partial charge on any atom is -0.465 e. The lowest BCUT2D eigenvalue weighted by Gasteiger charge is -2.41. The topological polar surface area (TPSA) is 98.2 Å². The quantitative estimate of drug-likeness (QED) is 0.503. The second kappa shape index (κ2) is 8.66. The van der Waals surface area contributed by atoms with E-state index in [1.807, 2.05) is 43.0 Å². The van der Waals surface area contributed by atoms with Gasteiger partial charge in [-0.05, 0) is 30.5 Å². The van der Waals surface area contributed by atoms with Crippen LogP contribution in [0.5, 0.6) is 0 Å². The van der Waals surface area contributed by atoms with E-state index in [1.54, 1.807) is 11.3 Å². The van der Waals surface area contributed by atoms with Crippen molar-refractivity contribution in [3.8, 4) is 0 Å². The molecule has 1 aromatic carbocycles. The number of aromatic amines is 1. The van der Waals surface area contributed by atoms with Gasteiger partial charge in [-0.1, -0.05) is 19.1 Å². The molecule has 0 spiro atoms. The summed E-state index contributed by atoms with van der Waals surface area (Å²) in [6.45, 7) is 3.27. The maximum atomic E-state index is 11.2. The van der Waals surface area contributed by atoms with E-state index in [4.69, 9.17) is 0 Å². The van der Waals surface area contributed by atoms with Crippen LogP contribution in [0.25, 0.3) is 21.3 Å². The number of anilines is 1. The van der Waals surface area contributed by atoms with Gasteiger partial charge in [0.05, 0.1) is 27.2 Å². The van der Waals surface area contributed by atoms with E-state index in [-0.39, 0.29) is 6.04 Å². The summed E-state index contributed by atoms with van der Waals surface area (Å²) in [4.78, 5) is 30.6. The molecule has 2 atom stereocenters. The molecule has 2 unspecified atom stereocenters. The highest BCUT2D eigenvalue weighted by atomic mass is 32.1. The number of carbonyl (C=O) groups is 1. The van der Waals surface area contributed by atoms with Crippen LogP contribution in [-0.4, -0.2) is 62.2 Å². The fourth-order valence-electron chi connectivity index (χ4n) is 3.83. The molecule has 0 saturated carbocycles. The number of aromatic nitrogens is 4. The van der Waals surface area contributed by atoms with Crippen LogP contribution >= 0.6 is 11.3 Å². The number of carboxylic acid groups (broad SMARTS) is 1. The number of benzene rings is 1. The van der Waals surface area contributed by atoms with Crippen molar-refractivity contribution in [3.05, 3.63) is 48.4 Å². The summed E-state index contributed by atoms with van der Waals surface area (Å²) in [6, 6.07) is 10.2. The SMILES string of the molecule is CC1CCN(C(=O)O)CC1N(C)c1ncnc2[nH]ccc12.c1ccc2scnc2c1. The van der Waals surface area contributed by atoms with Gasteiger partial charge in [0.2, 0.25) is 0 Å². The van der Waals surface area contributed by atoms with Gasteiger partial charge >= 0.3 is 6.09 Å². The zero-order valence-electron chi connectivity index (χ0n) is 16.9. The largest absolute Gasteiger partial charge is 0.465 e. The van der Waals surface area contributed by atoms with E-state index in [2.05, 4.69) is 37.8 Å². The minimum atomic E-state index is -0.852. The van der Waals surface area contributed by atoms with Crippen LogP contribution in [0.2, 0.25) is 0 Å². The standard InChI is InChI=1S/C14H19N5O2.C7H5NS/c1-9-4-6-19(14(20)21)7-11(9)18(2)13-10-3-5-15-12(10)16-8-17-13;1-2-4-7-6(3-1)8-5-9-7/h3,5,8-9,11H,4,6-7H2,1-2H3,(H,20,21)(H,15,16,17);1-5H. The molecule has 1 amide bonds. The van der Waals surface area contributed by atoms with Crippen LogP contribution in [0.15, 0.2) is 48.4 Å². The second-order valence-electron chi connectivity index (χ2n) is 7.43. The maximum absolute atomic E-state index is 11.2. The van der Waals surface area contributed by atoms with Crippen LogP contribution in [0.3, 0.4) is 0 Å². The Labute approximate surface area is 178 Å². The van der Waals surface area contributed by atoms with Crippen molar-refractivity contribution in [1.29, 1.82) is 0 Å². The Morgan fingerprint density at radius 2 is 2.10 bits per heavy atom. The molecular weight excluding hydrogens is 400 g/mol. The summed E-state index contributed by atoms with van der Waals surface area (Å²) >= 11 is 1.68. The summed E-state index contributed by atoms with van der Waals surface area (Å²) in [5.74, 6) is 1.25. The summed E-state index contributed by atoms with van der Waals surface area (Å²) < 4.78 is 1.26. The predicted molar refractivity (Wildman–Crippen MR) is 119 cm³/mol. The molecule has 1 aliphatic rings. The number of nitrogens with one attached hydrogen (secondary N) is 1. The van der Waals surface area contributed by atoms with Crippen LogP contribution in [0, 0.1) is 5.92 Å². The predicted octanol–water partition coefficient (Wildman–Crippen LogP) is 4.08. The third-order valence-electron chi connectivity index (χ3n) is 5.59. The molecular formula is C21H24N6O2S. The molecule has 4 aromatic rings. The molecule has 5 rings (SSSR count). The highest BCUT2D eigenvalue weighted by Gasteiger charge is 2.32. The number of likely N-dealkylation sites (N-methyl/N-ethyl adjacent to an activating group) is 1. The number of amides is 1. The zero-order chi connectivity index (χ0) is 21.1. The molecule has 8 nitrogen and oxygen atoms in total. The first kappa shape index (κ1) is 20.1. The van der Waals surface area contributed by atoms with Crippen LogP contribution < -0.4 is 4.90 Å². The normalized spacial score (nSPS) is 18.8. The van der Waals surface area contributed by atoms with Gasteiger partial charge < -0.3 is 19.9 Å². The van der Waals surface area contributed by atoms with Gasteiger partial charge in [0, 0.05) is 26.3 Å². The maximum Gasteiger partial charge on any atom is 0.407 e. The smallest absolute Gasteiger partial charge is 0.407 e. The molecule has 1 aliphatic heterocycles. The molecule has 1 saturated heterocycles. The Kier molecular flexibility index (Phi) is 5.80. The summed E-state index contributed by atoms with van der Waals surface area (Å²) in [6.07, 6.45) is 3.38. The molecule has 30 heavy (non-hydrogen) atoms. The second-order valence-corrected chi connectivity index (χ2v) is 8.32. The number of para-hydroxylation sites is 1. The number of thiazole rings is 1. The lowest BCUT2D eigenvalue weighted by Crippen LogP contribution is -2.52. The van der Waals surface area contributed by atoms with Crippen molar-refractivity contribution in [2.45, 2.75) is 19.4 Å². The highest BCUT2D eigenvalue weighted by Crippen LogP contribution is 2.28. The molecule has 9 heteroatoms. The van der Waals surface area contributed by atoms with Crippen molar-refractivity contribution >= 4 is 44.5 Å². The molecule has 156 valence electrons. The summed E-state index contributed by atoms with van der Waals surface area (Å²) in [5.41, 5.74) is 3.76. The Bertz CT molecular complexity index is 1110. The Morgan fingerprint density at radius 3 is 2.90 bits per heavy atom. The first-order valence-corrected chi connectivity index (χ1v) is 10.7. The van der Waals surface area contributed by atoms with E-state index in [0.717, 1.165) is 28.8 Å². The van der Waals surface area contributed by atoms with E-state index < -0.39 is 6.09 Å². The third kappa shape index (κ3) is 4.06. The Hall–Kier alpha value is -3.20. The van der Waals surface area contributed by atoms with Crippen molar-refractivity contribution in [3.63, 3.8) is 0 Å². The first-order chi connectivity index (χ1) is 14.5. The zero-order valence-corrected chi connectivity index (χ0v) is 17.7. The average molecular weight is 425 g/mol. The van der Waals surface area contributed by atoms with Crippen molar-refractivity contribution in [2.75, 3.05) is 25.0 Å². The number of nitrogens with zero attached hydrogens (tertiary/aromatic N) is 5. The van der Waals surface area contributed by atoms with E-state index >= 15 is 0 Å². The van der Waals surface area contributed by atoms with Crippen molar-refractivity contribution < 1.29 is 9.90 Å². The molecule has 1 fully saturated rings. The lowest BCUT2D eigenvalue weighted by atomic mass is 9.92. The van der Waals surface area contributed by atoms with Gasteiger partial charge in [0.15, 0.2) is 0 Å². The number of rotatable bonds is 2. The molecule has 4 heterocycles. The molecule has 0 radical (unpaired) electrons. The number of H-pyrrole nitrogens is 1. The van der Waals surface area contributed by atoms with Gasteiger partial charge in [-0.3, -0.25) is 0 Å². The van der Waals surface area contributed by atoms with Gasteiger partial charge in [-0.15, -0.1) is 11.3 Å². The Morgan fingerprint density at radius 1 is 1.27 bits per heavy atom. The molecule has 3 aromatic heterocycles. The van der Waals surface area contributed by atoms with Gasteiger partial charge in [0.25, 0.3) is 0 Å². The fourth-order valence-corrected chi connectivity index (χ4v) is 4.51. The average Bonchev–Trinajstić information content (AvgIpc) is 3.43. The highest BCUT2D eigenvalue weighted by molar-refractivity contribution is 7.16. The first-order valence-electron chi connectivity index (χ1n) is 9.81. The monoisotopic (exact) mass is 424 g/mol. The van der Waals surface area contributed by atoms with Gasteiger partial charge in [0.1, 0.15) is 17.8 Å². The molecule has 0 aliphatic carbocycles. The van der Waals surface area contributed by atoms with Crippen molar-refractivity contribution in [2.24, 2.45) is 5.92 Å². The number of fused-ring (bicyclic) bond motifs is 2. The summed E-state index contributed by atoms with van der Waals surface area (Å²) in [7, 11) is 1.97. The number of hydrogen-bond acceptors (Lipinski definition) is 6. The van der Waals surface area contributed by atoms with Crippen molar-refractivity contribution in [1.82, 2.24) is 24.8 Å². The van der Waals surface area contributed by atoms with Crippen LogP contribution in [-0.2, 0) is 0 Å². The fraction of sp³-hybridized carbons (Fsp3) is 0.333.